The number of nitrogens with zero attached hydrogens (tertiary/aromatic N) is 1. The summed E-state index contributed by atoms with van der Waals surface area (Å²) in [6.45, 7) is 10.9. The normalized spacial score (nSPS) is 11.1. The van der Waals surface area contributed by atoms with Gasteiger partial charge in [0.2, 0.25) is 0 Å². The van der Waals surface area contributed by atoms with Crippen molar-refractivity contribution in [1.29, 1.82) is 0 Å². The molecule has 1 nitrogen and oxygen atoms in total. The Hall–Kier alpha value is -3.37. The second kappa shape index (κ2) is 10.9. The van der Waals surface area contributed by atoms with E-state index in [-0.39, 0.29) is 21.2 Å². The van der Waals surface area contributed by atoms with Crippen LogP contribution in [0.25, 0.3) is 11.1 Å². The first-order valence-electron chi connectivity index (χ1n) is 12.7. The Morgan fingerprint density at radius 2 is 0.919 bits per heavy atom. The fourth-order valence-corrected chi connectivity index (χ4v) is 6.88. The molecule has 0 saturated carbocycles. The Morgan fingerprint density at radius 1 is 0.459 bits per heavy atom. The van der Waals surface area contributed by atoms with E-state index >= 15 is 0 Å². The third kappa shape index (κ3) is 5.80. The predicted molar refractivity (Wildman–Crippen MR) is 154 cm³/mol. The third-order valence-electron chi connectivity index (χ3n) is 6.74. The van der Waals surface area contributed by atoms with Gasteiger partial charge in [-0.1, -0.05) is 11.1 Å². The van der Waals surface area contributed by atoms with Crippen molar-refractivity contribution in [3.63, 3.8) is 0 Å². The molecule has 0 fully saturated rings. The van der Waals surface area contributed by atoms with Crippen LogP contribution in [-0.2, 0) is 0 Å². The molecule has 0 aromatic heterocycles. The average molecular weight is 595 g/mol. The molecule has 0 saturated heterocycles. The number of rotatable bonds is 6. The van der Waals surface area contributed by atoms with E-state index in [1.165, 1.54) is 63.1 Å². The van der Waals surface area contributed by atoms with Crippen LogP contribution in [0.5, 0.6) is 0 Å². The minimum atomic E-state index is -0.173. The van der Waals surface area contributed by atoms with Crippen molar-refractivity contribution in [2.45, 2.75) is 34.6 Å². The molecule has 0 radical (unpaired) electrons. The first kappa shape index (κ1) is 25.3. The van der Waals surface area contributed by atoms with Crippen LogP contribution in [-0.4, -0.2) is 0 Å². The fraction of sp³-hybridized carbons (Fsp3) is 0.143. The number of aryl methyl sites for hydroxylation is 5. The van der Waals surface area contributed by atoms with E-state index in [1.807, 2.05) is 0 Å². The van der Waals surface area contributed by atoms with Crippen molar-refractivity contribution in [3.8, 4) is 11.1 Å². The summed E-state index contributed by atoms with van der Waals surface area (Å²) in [5.74, 6) is 0. The fourth-order valence-electron chi connectivity index (χ4n) is 4.54. The van der Waals surface area contributed by atoms with Gasteiger partial charge in [-0.25, -0.2) is 0 Å². The molecule has 0 aliphatic rings. The Kier molecular flexibility index (Phi) is 7.48. The zero-order valence-electron chi connectivity index (χ0n) is 22.2. The number of benzene rings is 5. The summed E-state index contributed by atoms with van der Waals surface area (Å²) >= 11 is -0.173. The first-order chi connectivity index (χ1) is 17.9. The van der Waals surface area contributed by atoms with Crippen molar-refractivity contribution in [2.24, 2.45) is 0 Å². The van der Waals surface area contributed by atoms with Gasteiger partial charge in [0.15, 0.2) is 0 Å². The maximum absolute atomic E-state index is 2.36. The molecule has 0 aliphatic carbocycles. The van der Waals surface area contributed by atoms with Crippen molar-refractivity contribution in [3.05, 3.63) is 144 Å². The van der Waals surface area contributed by atoms with Crippen LogP contribution in [0.1, 0.15) is 27.8 Å². The molecule has 2 heteroatoms. The summed E-state index contributed by atoms with van der Waals surface area (Å²) < 4.78 is 2.96. The summed E-state index contributed by atoms with van der Waals surface area (Å²) in [7, 11) is 0. The van der Waals surface area contributed by atoms with Crippen LogP contribution in [0.4, 0.5) is 17.1 Å². The summed E-state index contributed by atoms with van der Waals surface area (Å²) in [5.41, 5.74) is 12.6. The third-order valence-corrected chi connectivity index (χ3v) is 9.87. The monoisotopic (exact) mass is 594 g/mol. The number of hydrogen-bond acceptors (Lipinski definition) is 1. The van der Waals surface area contributed by atoms with Crippen molar-refractivity contribution >= 4 is 17.1 Å². The molecule has 5 aromatic carbocycles. The summed E-state index contributed by atoms with van der Waals surface area (Å²) in [6, 6.07) is 40.4. The molecule has 0 unspecified atom stereocenters. The van der Waals surface area contributed by atoms with Crippen LogP contribution in [0.15, 0.2) is 109 Å². The van der Waals surface area contributed by atoms with E-state index in [0.717, 1.165) is 0 Å². The number of anilines is 3. The summed E-state index contributed by atoms with van der Waals surface area (Å²) in [5, 5.41) is 0. The van der Waals surface area contributed by atoms with E-state index < -0.39 is 0 Å². The van der Waals surface area contributed by atoms with Gasteiger partial charge >= 0.3 is 208 Å². The molecule has 186 valence electrons. The van der Waals surface area contributed by atoms with E-state index in [1.54, 1.807) is 0 Å². The van der Waals surface area contributed by atoms with Gasteiger partial charge in [-0.15, -0.1) is 0 Å². The minimum absolute atomic E-state index is 0.173. The Bertz CT molecular complexity index is 1470. The van der Waals surface area contributed by atoms with Crippen LogP contribution in [0.2, 0.25) is 0 Å². The topological polar surface area (TPSA) is 3.24 Å². The Morgan fingerprint density at radius 3 is 1.41 bits per heavy atom. The molecular weight excluding hydrogens is 561 g/mol. The predicted octanol–water partition coefficient (Wildman–Crippen LogP) is 6.49. The van der Waals surface area contributed by atoms with Gasteiger partial charge in [0.25, 0.3) is 0 Å². The van der Waals surface area contributed by atoms with Gasteiger partial charge in [-0.05, 0) is 13.8 Å². The molecule has 0 bridgehead atoms. The molecule has 0 spiro atoms. The van der Waals surface area contributed by atoms with Gasteiger partial charge < -0.3 is 0 Å². The average Bonchev–Trinajstić information content (AvgIpc) is 2.89. The van der Waals surface area contributed by atoms with Gasteiger partial charge in [-0.3, -0.25) is 0 Å². The molecular formula is C35H33IN-. The van der Waals surface area contributed by atoms with E-state index in [9.17, 15) is 0 Å². The van der Waals surface area contributed by atoms with Gasteiger partial charge in [0.1, 0.15) is 0 Å². The second-order valence-corrected chi connectivity index (χ2v) is 12.8. The maximum atomic E-state index is 2.36. The quantitative estimate of drug-likeness (QED) is 0.203. The van der Waals surface area contributed by atoms with Crippen molar-refractivity contribution < 1.29 is 21.2 Å². The van der Waals surface area contributed by atoms with Crippen LogP contribution in [0, 0.1) is 41.8 Å². The summed E-state index contributed by atoms with van der Waals surface area (Å²) in [6.07, 6.45) is 0. The first-order valence-corrected chi connectivity index (χ1v) is 14.9. The number of halogens is 1. The van der Waals surface area contributed by atoms with E-state index in [2.05, 4.69) is 149 Å². The molecule has 5 rings (SSSR count). The van der Waals surface area contributed by atoms with Crippen molar-refractivity contribution in [2.75, 3.05) is 4.90 Å². The second-order valence-electron chi connectivity index (χ2n) is 9.86. The zero-order valence-corrected chi connectivity index (χ0v) is 24.4. The van der Waals surface area contributed by atoms with Crippen LogP contribution >= 0.6 is 0 Å². The molecule has 5 aromatic rings. The van der Waals surface area contributed by atoms with Gasteiger partial charge in [-0.2, -0.15) is 0 Å². The van der Waals surface area contributed by atoms with Crippen molar-refractivity contribution in [1.82, 2.24) is 0 Å². The molecule has 0 atom stereocenters. The number of hydrogen-bond donors (Lipinski definition) is 0. The van der Waals surface area contributed by atoms with Gasteiger partial charge in [0.05, 0.1) is 0 Å². The molecule has 0 heterocycles. The SMILES string of the molecule is Cc1ccc([I-]c2ccc(-c3ccc(N(c4ccc(C)cc4)c4ccc(C)cc4)c(C)c3)cc2C)cc1. The molecule has 0 N–H and O–H groups in total. The molecule has 0 amide bonds. The standard InChI is InChI=1S/C35H33IN/c1-24-6-14-31(15-7-24)36-34-20-12-29(22-27(34)4)30-13-21-35(28(5)23-30)37(32-16-8-25(2)9-17-32)33-18-10-26(3)11-19-33/h6-23H,1-5H3/q-1. The van der Waals surface area contributed by atoms with Gasteiger partial charge in [0, 0.05) is 0 Å². The van der Waals surface area contributed by atoms with E-state index in [4.69, 9.17) is 0 Å². The Balaban J connectivity index is 1.47. The van der Waals surface area contributed by atoms with E-state index in [0.29, 0.717) is 0 Å². The molecule has 0 aliphatic heterocycles. The zero-order chi connectivity index (χ0) is 25.9. The van der Waals surface area contributed by atoms with Crippen LogP contribution in [0.3, 0.4) is 0 Å². The molecule has 37 heavy (non-hydrogen) atoms. The Labute approximate surface area is 232 Å². The van der Waals surface area contributed by atoms with Crippen LogP contribution < -0.4 is 26.1 Å². The summed E-state index contributed by atoms with van der Waals surface area (Å²) in [4.78, 5) is 2.36.